The Morgan fingerprint density at radius 2 is 1.96 bits per heavy atom. The maximum Gasteiger partial charge on any atom is 0.278 e. The van der Waals surface area contributed by atoms with E-state index in [9.17, 15) is 15.0 Å². The Morgan fingerprint density at radius 3 is 2.67 bits per heavy atom. The molecule has 0 aliphatic carbocycles. The number of ether oxygens (including phenoxy) is 2. The summed E-state index contributed by atoms with van der Waals surface area (Å²) in [6.07, 6.45) is 1.32. The van der Waals surface area contributed by atoms with E-state index >= 15 is 0 Å². The Hall–Kier alpha value is -3.22. The molecule has 2 aromatic rings. The molecule has 0 saturated heterocycles. The first-order chi connectivity index (χ1) is 11.6. The van der Waals surface area contributed by atoms with Crippen LogP contribution in [0.15, 0.2) is 35.4 Å². The number of fused-ring (bicyclic) bond motifs is 1. The number of phenolic OH excluding ortho intramolecular Hbond substituents is 2. The lowest BCUT2D eigenvalue weighted by molar-refractivity contribution is 0.0781. The Balaban J connectivity index is 1.92. The van der Waals surface area contributed by atoms with E-state index in [2.05, 4.69) is 5.10 Å². The summed E-state index contributed by atoms with van der Waals surface area (Å²) < 4.78 is 10.5. The molecular weight excluding hydrogens is 312 g/mol. The number of phenols is 2. The van der Waals surface area contributed by atoms with E-state index in [1.54, 1.807) is 24.3 Å². The highest BCUT2D eigenvalue weighted by molar-refractivity contribution is 6.02. The monoisotopic (exact) mass is 328 g/mol. The molecule has 1 heterocycles. The molecule has 1 aliphatic rings. The highest BCUT2D eigenvalue weighted by Gasteiger charge is 2.32. The Labute approximate surface area is 138 Å². The number of hydrogen-bond donors (Lipinski definition) is 2. The number of carbonyl (C=O) groups is 1. The highest BCUT2D eigenvalue weighted by Crippen LogP contribution is 2.38. The average molecular weight is 328 g/mol. The van der Waals surface area contributed by atoms with Crippen molar-refractivity contribution >= 4 is 12.1 Å². The molecule has 1 aliphatic heterocycles. The predicted octanol–water partition coefficient (Wildman–Crippen LogP) is 2.10. The zero-order valence-corrected chi connectivity index (χ0v) is 13.2. The van der Waals surface area contributed by atoms with E-state index in [0.29, 0.717) is 22.6 Å². The van der Waals surface area contributed by atoms with Gasteiger partial charge in [0.05, 0.1) is 32.5 Å². The zero-order valence-electron chi connectivity index (χ0n) is 13.2. The number of hydrazone groups is 1. The van der Waals surface area contributed by atoms with E-state index in [1.807, 2.05) is 0 Å². The third-order valence-corrected chi connectivity index (χ3v) is 3.78. The second-order valence-electron chi connectivity index (χ2n) is 5.16. The number of amides is 1. The molecule has 2 aromatic carbocycles. The number of nitrogens with zero attached hydrogens (tertiary/aromatic N) is 2. The van der Waals surface area contributed by atoms with Gasteiger partial charge >= 0.3 is 0 Å². The van der Waals surface area contributed by atoms with Crippen molar-refractivity contribution in [1.82, 2.24) is 5.01 Å². The molecule has 124 valence electrons. The standard InChI is InChI=1S/C17H16N2O5/c1-23-13-7-6-11-9-19(17(22)14(11)16(13)24-2)18-8-10-4-3-5-12(20)15(10)21/h3-8,20-21H,9H2,1-2H3. The normalized spacial score (nSPS) is 13.4. The number of para-hydroxylation sites is 1. The van der Waals surface area contributed by atoms with Crippen LogP contribution in [-0.2, 0) is 6.54 Å². The largest absolute Gasteiger partial charge is 0.504 e. The fourth-order valence-corrected chi connectivity index (χ4v) is 2.57. The quantitative estimate of drug-likeness (QED) is 0.662. The summed E-state index contributed by atoms with van der Waals surface area (Å²) in [5.41, 5.74) is 1.49. The lowest BCUT2D eigenvalue weighted by atomic mass is 10.1. The molecule has 0 saturated carbocycles. The van der Waals surface area contributed by atoms with Gasteiger partial charge in [-0.25, -0.2) is 5.01 Å². The van der Waals surface area contributed by atoms with Crippen molar-refractivity contribution in [2.75, 3.05) is 14.2 Å². The van der Waals surface area contributed by atoms with Gasteiger partial charge < -0.3 is 19.7 Å². The van der Waals surface area contributed by atoms with Gasteiger partial charge in [0.15, 0.2) is 23.0 Å². The van der Waals surface area contributed by atoms with Gasteiger partial charge in [0.25, 0.3) is 5.91 Å². The van der Waals surface area contributed by atoms with Gasteiger partial charge in [-0.2, -0.15) is 5.10 Å². The second-order valence-corrected chi connectivity index (χ2v) is 5.16. The molecule has 0 atom stereocenters. The van der Waals surface area contributed by atoms with Gasteiger partial charge in [0.2, 0.25) is 0 Å². The molecule has 0 spiro atoms. The molecule has 0 radical (unpaired) electrons. The average Bonchev–Trinajstić information content (AvgIpc) is 2.91. The summed E-state index contributed by atoms with van der Waals surface area (Å²) in [7, 11) is 2.98. The third-order valence-electron chi connectivity index (χ3n) is 3.78. The minimum atomic E-state index is -0.323. The highest BCUT2D eigenvalue weighted by atomic mass is 16.5. The van der Waals surface area contributed by atoms with Gasteiger partial charge in [-0.05, 0) is 23.8 Å². The van der Waals surface area contributed by atoms with Crippen molar-refractivity contribution in [2.24, 2.45) is 5.10 Å². The van der Waals surface area contributed by atoms with Gasteiger partial charge in [-0.15, -0.1) is 0 Å². The van der Waals surface area contributed by atoms with E-state index in [1.165, 1.54) is 31.5 Å². The van der Waals surface area contributed by atoms with Crippen molar-refractivity contribution in [1.29, 1.82) is 0 Å². The van der Waals surface area contributed by atoms with Crippen LogP contribution >= 0.6 is 0 Å². The van der Waals surface area contributed by atoms with Crippen LogP contribution in [0.5, 0.6) is 23.0 Å². The first-order valence-corrected chi connectivity index (χ1v) is 7.17. The van der Waals surface area contributed by atoms with E-state index in [4.69, 9.17) is 9.47 Å². The van der Waals surface area contributed by atoms with Crippen molar-refractivity contribution in [3.05, 3.63) is 47.0 Å². The molecule has 0 aromatic heterocycles. The van der Waals surface area contributed by atoms with Gasteiger partial charge in [0, 0.05) is 5.56 Å². The van der Waals surface area contributed by atoms with Crippen molar-refractivity contribution in [3.8, 4) is 23.0 Å². The third kappa shape index (κ3) is 2.50. The van der Waals surface area contributed by atoms with Crippen LogP contribution in [0.2, 0.25) is 0 Å². The lowest BCUT2D eigenvalue weighted by Crippen LogP contribution is -2.18. The molecule has 7 nitrogen and oxygen atoms in total. The van der Waals surface area contributed by atoms with Crippen LogP contribution in [0.1, 0.15) is 21.5 Å². The summed E-state index contributed by atoms with van der Waals surface area (Å²) >= 11 is 0. The van der Waals surface area contributed by atoms with Crippen molar-refractivity contribution in [3.63, 3.8) is 0 Å². The molecular formula is C17H16N2O5. The van der Waals surface area contributed by atoms with Crippen LogP contribution in [0.25, 0.3) is 0 Å². The van der Waals surface area contributed by atoms with E-state index in [-0.39, 0.29) is 24.0 Å². The van der Waals surface area contributed by atoms with Gasteiger partial charge in [-0.3, -0.25) is 4.79 Å². The summed E-state index contributed by atoms with van der Waals surface area (Å²) in [5, 5.41) is 24.6. The van der Waals surface area contributed by atoms with E-state index in [0.717, 1.165) is 5.56 Å². The number of aromatic hydroxyl groups is 2. The fraction of sp³-hybridized carbons (Fsp3) is 0.176. The topological polar surface area (TPSA) is 91.6 Å². The minimum Gasteiger partial charge on any atom is -0.504 e. The smallest absolute Gasteiger partial charge is 0.278 e. The molecule has 1 amide bonds. The predicted molar refractivity (Wildman–Crippen MR) is 86.8 cm³/mol. The first kappa shape index (κ1) is 15.7. The number of rotatable bonds is 4. The number of hydrogen-bond acceptors (Lipinski definition) is 6. The van der Waals surface area contributed by atoms with Gasteiger partial charge in [0.1, 0.15) is 0 Å². The molecule has 7 heteroatoms. The number of carbonyl (C=O) groups excluding carboxylic acids is 1. The Morgan fingerprint density at radius 1 is 1.17 bits per heavy atom. The summed E-state index contributed by atoms with van der Waals surface area (Å²) in [6, 6.07) is 8.04. The number of methoxy groups -OCH3 is 2. The molecule has 2 N–H and O–H groups in total. The molecule has 3 rings (SSSR count). The van der Waals surface area contributed by atoms with E-state index < -0.39 is 0 Å². The van der Waals surface area contributed by atoms with Gasteiger partial charge in [-0.1, -0.05) is 12.1 Å². The van der Waals surface area contributed by atoms with Crippen LogP contribution in [0.3, 0.4) is 0 Å². The maximum atomic E-state index is 12.6. The summed E-state index contributed by atoms with van der Waals surface area (Å²) in [6.45, 7) is 0.282. The SMILES string of the molecule is COc1ccc2c(c1OC)C(=O)N(N=Cc1cccc(O)c1O)C2. The minimum absolute atomic E-state index is 0.249. The van der Waals surface area contributed by atoms with Crippen LogP contribution in [0, 0.1) is 0 Å². The van der Waals surface area contributed by atoms with Crippen LogP contribution in [-0.4, -0.2) is 41.6 Å². The summed E-state index contributed by atoms with van der Waals surface area (Å²) in [4.78, 5) is 12.6. The molecule has 0 bridgehead atoms. The molecule has 0 fully saturated rings. The maximum absolute atomic E-state index is 12.6. The van der Waals surface area contributed by atoms with Crippen molar-refractivity contribution in [2.45, 2.75) is 6.54 Å². The first-order valence-electron chi connectivity index (χ1n) is 7.17. The van der Waals surface area contributed by atoms with Crippen LogP contribution < -0.4 is 9.47 Å². The summed E-state index contributed by atoms with van der Waals surface area (Å²) in [5.74, 6) is -0.0124. The molecule has 0 unspecified atom stereocenters. The zero-order chi connectivity index (χ0) is 17.3. The fourth-order valence-electron chi connectivity index (χ4n) is 2.57. The van der Waals surface area contributed by atoms with Crippen molar-refractivity contribution < 1.29 is 24.5 Å². The number of benzene rings is 2. The molecule has 24 heavy (non-hydrogen) atoms. The lowest BCUT2D eigenvalue weighted by Gasteiger charge is -2.10. The Bertz CT molecular complexity index is 832. The van der Waals surface area contributed by atoms with Crippen LogP contribution in [0.4, 0.5) is 0 Å². The second kappa shape index (κ2) is 6.11. The Kier molecular flexibility index (Phi) is 3.99.